The molecule has 0 radical (unpaired) electrons. The summed E-state index contributed by atoms with van der Waals surface area (Å²) in [5, 5.41) is 1.04. The molecule has 0 saturated carbocycles. The highest BCUT2D eigenvalue weighted by atomic mass is 15.3. The standard InChI is InChI=1S/C19H21N7/c1-12-6-17(22-11-21-12)25-7-14-9-26(10-15(14)8-25)19-16-4-3-5-20-18(16)23-13(2)24-19/h3-6,11,14-15H,7-10H2,1-2H3. The van der Waals surface area contributed by atoms with Gasteiger partial charge in [0.1, 0.15) is 23.8 Å². The van der Waals surface area contributed by atoms with Crippen LogP contribution in [-0.4, -0.2) is 51.1 Å². The zero-order valence-electron chi connectivity index (χ0n) is 15.0. The molecule has 3 aromatic heterocycles. The summed E-state index contributed by atoms with van der Waals surface area (Å²) in [6, 6.07) is 6.10. The number of anilines is 2. The Balaban J connectivity index is 1.39. The Kier molecular flexibility index (Phi) is 3.48. The van der Waals surface area contributed by atoms with Gasteiger partial charge in [-0.15, -0.1) is 0 Å². The van der Waals surface area contributed by atoms with E-state index in [0.29, 0.717) is 11.8 Å². The highest BCUT2D eigenvalue weighted by Gasteiger charge is 2.41. The number of pyridine rings is 1. The predicted molar refractivity (Wildman–Crippen MR) is 100 cm³/mol. The first-order chi connectivity index (χ1) is 12.7. The van der Waals surface area contributed by atoms with Crippen LogP contribution in [0.3, 0.4) is 0 Å². The molecule has 2 saturated heterocycles. The molecule has 7 heteroatoms. The van der Waals surface area contributed by atoms with E-state index in [2.05, 4.69) is 41.9 Å². The van der Waals surface area contributed by atoms with Crippen molar-refractivity contribution < 1.29 is 0 Å². The maximum absolute atomic E-state index is 4.74. The first-order valence-electron chi connectivity index (χ1n) is 9.05. The molecule has 2 aliphatic heterocycles. The van der Waals surface area contributed by atoms with E-state index in [1.54, 1.807) is 12.5 Å². The summed E-state index contributed by atoms with van der Waals surface area (Å²) in [6.45, 7) is 8.07. The van der Waals surface area contributed by atoms with Gasteiger partial charge >= 0.3 is 0 Å². The van der Waals surface area contributed by atoms with E-state index < -0.39 is 0 Å². The van der Waals surface area contributed by atoms with Crippen molar-refractivity contribution >= 4 is 22.7 Å². The molecule has 0 bridgehead atoms. The van der Waals surface area contributed by atoms with Crippen LogP contribution < -0.4 is 9.80 Å². The average Bonchev–Trinajstić information content (AvgIpc) is 3.20. The molecule has 0 amide bonds. The van der Waals surface area contributed by atoms with Gasteiger partial charge in [-0.1, -0.05) is 0 Å². The number of nitrogens with zero attached hydrogens (tertiary/aromatic N) is 7. The van der Waals surface area contributed by atoms with Gasteiger partial charge < -0.3 is 9.80 Å². The maximum Gasteiger partial charge on any atom is 0.164 e. The van der Waals surface area contributed by atoms with Crippen molar-refractivity contribution in [3.8, 4) is 0 Å². The number of aromatic nitrogens is 5. The molecule has 2 atom stereocenters. The summed E-state index contributed by atoms with van der Waals surface area (Å²) in [6.07, 6.45) is 3.45. The minimum Gasteiger partial charge on any atom is -0.356 e. The zero-order chi connectivity index (χ0) is 17.7. The van der Waals surface area contributed by atoms with Crippen LogP contribution in [0.2, 0.25) is 0 Å². The van der Waals surface area contributed by atoms with Crippen molar-refractivity contribution in [2.45, 2.75) is 13.8 Å². The van der Waals surface area contributed by atoms with E-state index in [-0.39, 0.29) is 0 Å². The summed E-state index contributed by atoms with van der Waals surface area (Å²) < 4.78 is 0. The van der Waals surface area contributed by atoms with E-state index in [1.165, 1.54) is 0 Å². The highest BCUT2D eigenvalue weighted by molar-refractivity contribution is 5.87. The molecule has 0 N–H and O–H groups in total. The summed E-state index contributed by atoms with van der Waals surface area (Å²) in [4.78, 5) is 27.1. The van der Waals surface area contributed by atoms with Crippen molar-refractivity contribution in [2.75, 3.05) is 36.0 Å². The van der Waals surface area contributed by atoms with Crippen LogP contribution in [0, 0.1) is 25.7 Å². The van der Waals surface area contributed by atoms with Crippen LogP contribution in [0.1, 0.15) is 11.5 Å². The predicted octanol–water partition coefficient (Wildman–Crippen LogP) is 2.00. The summed E-state index contributed by atoms with van der Waals surface area (Å²) in [5.41, 5.74) is 1.80. The number of fused-ring (bicyclic) bond motifs is 2. The van der Waals surface area contributed by atoms with E-state index in [4.69, 9.17) is 4.98 Å². The SMILES string of the molecule is Cc1cc(N2CC3CN(c4nc(C)nc5ncccc45)CC3C2)ncn1. The minimum atomic E-state index is 0.632. The molecule has 5 heterocycles. The van der Waals surface area contributed by atoms with Gasteiger partial charge in [-0.2, -0.15) is 0 Å². The van der Waals surface area contributed by atoms with Crippen LogP contribution in [0.5, 0.6) is 0 Å². The molecule has 7 nitrogen and oxygen atoms in total. The van der Waals surface area contributed by atoms with Gasteiger partial charge in [0.05, 0.1) is 5.39 Å². The first-order valence-corrected chi connectivity index (χ1v) is 9.05. The molecular formula is C19H21N7. The second kappa shape index (κ2) is 5.86. The largest absolute Gasteiger partial charge is 0.356 e. The van der Waals surface area contributed by atoms with Crippen LogP contribution in [-0.2, 0) is 0 Å². The molecule has 0 aliphatic carbocycles. The second-order valence-electron chi connectivity index (χ2n) is 7.32. The van der Waals surface area contributed by atoms with Crippen molar-refractivity contribution in [3.63, 3.8) is 0 Å². The van der Waals surface area contributed by atoms with Gasteiger partial charge in [0.25, 0.3) is 0 Å². The fraction of sp³-hybridized carbons (Fsp3) is 0.421. The number of rotatable bonds is 2. The third-order valence-electron chi connectivity index (χ3n) is 5.46. The molecule has 5 rings (SSSR count). The molecule has 2 aliphatic rings. The van der Waals surface area contributed by atoms with Crippen LogP contribution >= 0.6 is 0 Å². The van der Waals surface area contributed by atoms with E-state index in [1.807, 2.05) is 19.9 Å². The molecular weight excluding hydrogens is 326 g/mol. The smallest absolute Gasteiger partial charge is 0.164 e. The topological polar surface area (TPSA) is 70.9 Å². The Bertz CT molecular complexity index is 959. The molecule has 2 unspecified atom stereocenters. The van der Waals surface area contributed by atoms with Gasteiger partial charge in [-0.25, -0.2) is 24.9 Å². The fourth-order valence-electron chi connectivity index (χ4n) is 4.26. The van der Waals surface area contributed by atoms with Crippen LogP contribution in [0.4, 0.5) is 11.6 Å². The van der Waals surface area contributed by atoms with Gasteiger partial charge in [0.2, 0.25) is 0 Å². The Morgan fingerprint density at radius 1 is 0.923 bits per heavy atom. The molecule has 132 valence electrons. The quantitative estimate of drug-likeness (QED) is 0.702. The maximum atomic E-state index is 4.74. The molecule has 0 aromatic carbocycles. The van der Waals surface area contributed by atoms with Gasteiger partial charge in [-0.3, -0.25) is 0 Å². The first kappa shape index (κ1) is 15.4. The third kappa shape index (κ3) is 2.55. The molecule has 3 aromatic rings. The average molecular weight is 347 g/mol. The lowest BCUT2D eigenvalue weighted by molar-refractivity contribution is 0.533. The molecule has 0 spiro atoms. The number of hydrogen-bond donors (Lipinski definition) is 0. The van der Waals surface area contributed by atoms with Crippen LogP contribution in [0.15, 0.2) is 30.7 Å². The van der Waals surface area contributed by atoms with Gasteiger partial charge in [0.15, 0.2) is 5.65 Å². The number of aryl methyl sites for hydroxylation is 2. The second-order valence-corrected chi connectivity index (χ2v) is 7.32. The number of hydrogen-bond acceptors (Lipinski definition) is 7. The molecule has 2 fully saturated rings. The van der Waals surface area contributed by atoms with Gasteiger partial charge in [-0.05, 0) is 26.0 Å². The summed E-state index contributed by atoms with van der Waals surface area (Å²) in [5.74, 6) is 4.12. The van der Waals surface area contributed by atoms with Gasteiger partial charge in [0, 0.05) is 56.0 Å². The van der Waals surface area contributed by atoms with Crippen molar-refractivity contribution in [1.82, 2.24) is 24.9 Å². The van der Waals surface area contributed by atoms with E-state index in [0.717, 1.165) is 60.4 Å². The Labute approximate surface area is 152 Å². The van der Waals surface area contributed by atoms with Crippen molar-refractivity contribution in [2.24, 2.45) is 11.8 Å². The highest BCUT2D eigenvalue weighted by Crippen LogP contribution is 2.36. The lowest BCUT2D eigenvalue weighted by atomic mass is 10.0. The lowest BCUT2D eigenvalue weighted by Gasteiger charge is -2.24. The Morgan fingerprint density at radius 2 is 1.69 bits per heavy atom. The third-order valence-corrected chi connectivity index (χ3v) is 5.46. The fourth-order valence-corrected chi connectivity index (χ4v) is 4.26. The van der Waals surface area contributed by atoms with Crippen molar-refractivity contribution in [3.05, 3.63) is 42.2 Å². The van der Waals surface area contributed by atoms with E-state index in [9.17, 15) is 0 Å². The Hall–Kier alpha value is -2.83. The zero-order valence-corrected chi connectivity index (χ0v) is 15.0. The van der Waals surface area contributed by atoms with Crippen molar-refractivity contribution in [1.29, 1.82) is 0 Å². The molecule has 26 heavy (non-hydrogen) atoms. The lowest BCUT2D eigenvalue weighted by Crippen LogP contribution is -2.30. The summed E-state index contributed by atoms with van der Waals surface area (Å²) >= 11 is 0. The monoisotopic (exact) mass is 347 g/mol. The minimum absolute atomic E-state index is 0.632. The van der Waals surface area contributed by atoms with E-state index >= 15 is 0 Å². The Morgan fingerprint density at radius 3 is 2.46 bits per heavy atom. The summed E-state index contributed by atoms with van der Waals surface area (Å²) in [7, 11) is 0. The van der Waals surface area contributed by atoms with Crippen LogP contribution in [0.25, 0.3) is 11.0 Å². The normalized spacial score (nSPS) is 22.2.